The molecule has 0 atom stereocenters. The highest BCUT2D eigenvalue weighted by atomic mass is 35.5. The van der Waals surface area contributed by atoms with Crippen LogP contribution in [0.4, 0.5) is 0 Å². The van der Waals surface area contributed by atoms with Gasteiger partial charge in [0, 0.05) is 12.5 Å². The van der Waals surface area contributed by atoms with Gasteiger partial charge in [0.15, 0.2) is 12.2 Å². The van der Waals surface area contributed by atoms with Gasteiger partial charge in [-0.25, -0.2) is 0 Å². The van der Waals surface area contributed by atoms with Crippen molar-refractivity contribution in [2.45, 2.75) is 20.1 Å². The number of aliphatic hydroxyl groups is 1. The number of thiazole rings is 1. The molecule has 0 aliphatic heterocycles. The topological polar surface area (TPSA) is 24.1 Å². The molecule has 1 N–H and O–H groups in total. The van der Waals surface area contributed by atoms with Gasteiger partial charge in [-0.3, -0.25) is 0 Å². The lowest BCUT2D eigenvalue weighted by atomic mass is 10.2. The first-order chi connectivity index (χ1) is 7.31. The molecule has 0 bridgehead atoms. The fourth-order valence-electron chi connectivity index (χ4n) is 1.54. The fraction of sp³-hybridized carbons (Fsp3) is 0.250. The van der Waals surface area contributed by atoms with Crippen molar-refractivity contribution < 1.29 is 9.67 Å². The fourth-order valence-corrected chi connectivity index (χ4v) is 2.39. The molecule has 0 amide bonds. The van der Waals surface area contributed by atoms with E-state index < -0.39 is 0 Å². The maximum atomic E-state index is 9.09. The Kier molecular flexibility index (Phi) is 4.93. The summed E-state index contributed by atoms with van der Waals surface area (Å²) in [6, 6.07) is 10.3. The van der Waals surface area contributed by atoms with Crippen LogP contribution in [0.25, 0.3) is 0 Å². The van der Waals surface area contributed by atoms with Gasteiger partial charge in [0.25, 0.3) is 0 Å². The Hall–Kier alpha value is -0.900. The van der Waals surface area contributed by atoms with E-state index in [0.717, 1.165) is 17.1 Å². The van der Waals surface area contributed by atoms with E-state index in [0.29, 0.717) is 0 Å². The van der Waals surface area contributed by atoms with E-state index in [1.807, 2.05) is 25.1 Å². The second-order valence-corrected chi connectivity index (χ2v) is 4.44. The molecule has 0 fully saturated rings. The zero-order valence-electron chi connectivity index (χ0n) is 9.09. The molecule has 1 aromatic carbocycles. The van der Waals surface area contributed by atoms with Gasteiger partial charge in [-0.05, 0) is 0 Å². The largest absolute Gasteiger partial charge is 0.391 e. The number of aromatic nitrogens is 1. The Morgan fingerprint density at radius 1 is 1.25 bits per heavy atom. The molecule has 0 radical (unpaired) electrons. The smallest absolute Gasteiger partial charge is 0.225 e. The second kappa shape index (κ2) is 5.99. The summed E-state index contributed by atoms with van der Waals surface area (Å²) < 4.78 is 2.17. The minimum absolute atomic E-state index is 0. The van der Waals surface area contributed by atoms with Gasteiger partial charge in [-0.1, -0.05) is 41.7 Å². The van der Waals surface area contributed by atoms with Gasteiger partial charge in [-0.2, -0.15) is 4.57 Å². The molecule has 2 aromatic rings. The van der Waals surface area contributed by atoms with E-state index in [4.69, 9.17) is 5.11 Å². The van der Waals surface area contributed by atoms with Crippen molar-refractivity contribution in [3.63, 3.8) is 0 Å². The van der Waals surface area contributed by atoms with Crippen molar-refractivity contribution in [2.24, 2.45) is 0 Å². The van der Waals surface area contributed by atoms with Crippen LogP contribution in [-0.4, -0.2) is 5.11 Å². The van der Waals surface area contributed by atoms with Gasteiger partial charge < -0.3 is 5.11 Å². The van der Waals surface area contributed by atoms with Gasteiger partial charge >= 0.3 is 0 Å². The quantitative estimate of drug-likeness (QED) is 0.838. The zero-order valence-corrected chi connectivity index (χ0v) is 10.7. The van der Waals surface area contributed by atoms with Gasteiger partial charge in [0.1, 0.15) is 4.88 Å². The average molecular weight is 257 g/mol. The lowest BCUT2D eigenvalue weighted by Gasteiger charge is -1.96. The maximum Gasteiger partial charge on any atom is 0.225 e. The van der Waals surface area contributed by atoms with E-state index in [1.165, 1.54) is 5.56 Å². The third kappa shape index (κ3) is 2.82. The Morgan fingerprint density at radius 2 is 1.94 bits per heavy atom. The summed E-state index contributed by atoms with van der Waals surface area (Å²) >= 11 is 1.61. The molecule has 2 rings (SSSR count). The lowest BCUT2D eigenvalue weighted by Crippen LogP contribution is -2.34. The summed E-state index contributed by atoms with van der Waals surface area (Å²) in [5.41, 5.74) is 4.51. The highest BCUT2D eigenvalue weighted by molar-refractivity contribution is 7.09. The molecule has 1 heterocycles. The van der Waals surface area contributed by atoms with E-state index in [-0.39, 0.29) is 19.0 Å². The standard InChI is InChI=1S/C12H14NOS.ClH/c1-10-12(8-14)15-9-13(10)7-11-5-3-2-4-6-11;/h2-6,9,14H,7-8H2,1H3;1H/q+1;. The highest BCUT2D eigenvalue weighted by Crippen LogP contribution is 2.11. The van der Waals surface area contributed by atoms with Crippen molar-refractivity contribution in [1.29, 1.82) is 0 Å². The van der Waals surface area contributed by atoms with Crippen LogP contribution >= 0.6 is 23.7 Å². The van der Waals surface area contributed by atoms with Crippen molar-refractivity contribution in [3.05, 3.63) is 52.0 Å². The molecule has 0 aliphatic rings. The average Bonchev–Trinajstić information content (AvgIpc) is 2.62. The third-order valence-electron chi connectivity index (χ3n) is 2.50. The monoisotopic (exact) mass is 256 g/mol. The van der Waals surface area contributed by atoms with E-state index in [9.17, 15) is 0 Å². The normalized spacial score (nSPS) is 9.88. The van der Waals surface area contributed by atoms with E-state index >= 15 is 0 Å². The number of hydrogen-bond acceptors (Lipinski definition) is 2. The number of nitrogens with zero attached hydrogens (tertiary/aromatic N) is 1. The van der Waals surface area contributed by atoms with Crippen molar-refractivity contribution in [3.8, 4) is 0 Å². The summed E-state index contributed by atoms with van der Waals surface area (Å²) in [5.74, 6) is 0. The van der Waals surface area contributed by atoms with Crippen LogP contribution in [0.15, 0.2) is 35.8 Å². The maximum absolute atomic E-state index is 9.09. The predicted octanol–water partition coefficient (Wildman–Crippen LogP) is 2.31. The summed E-state index contributed by atoms with van der Waals surface area (Å²) in [6.07, 6.45) is 0. The van der Waals surface area contributed by atoms with Crippen LogP contribution in [0, 0.1) is 6.92 Å². The first-order valence-corrected chi connectivity index (χ1v) is 5.80. The van der Waals surface area contributed by atoms with Crippen LogP contribution < -0.4 is 4.57 Å². The van der Waals surface area contributed by atoms with Gasteiger partial charge in [-0.15, -0.1) is 12.4 Å². The number of benzene rings is 1. The number of rotatable bonds is 3. The van der Waals surface area contributed by atoms with Crippen molar-refractivity contribution in [1.82, 2.24) is 0 Å². The molecular weight excluding hydrogens is 242 g/mol. The zero-order chi connectivity index (χ0) is 10.7. The molecule has 0 aliphatic carbocycles. The first kappa shape index (κ1) is 13.2. The summed E-state index contributed by atoms with van der Waals surface area (Å²) in [4.78, 5) is 1.05. The van der Waals surface area contributed by atoms with E-state index in [2.05, 4.69) is 22.2 Å². The molecule has 4 heteroatoms. The van der Waals surface area contributed by atoms with Gasteiger partial charge in [0.05, 0.1) is 6.61 Å². The molecule has 0 spiro atoms. The number of aliphatic hydroxyl groups excluding tert-OH is 1. The Balaban J connectivity index is 0.00000128. The highest BCUT2D eigenvalue weighted by Gasteiger charge is 2.14. The first-order valence-electron chi connectivity index (χ1n) is 4.92. The third-order valence-corrected chi connectivity index (χ3v) is 3.56. The van der Waals surface area contributed by atoms with Crippen molar-refractivity contribution in [2.75, 3.05) is 0 Å². The Morgan fingerprint density at radius 3 is 2.50 bits per heavy atom. The van der Waals surface area contributed by atoms with Crippen LogP contribution in [-0.2, 0) is 13.2 Å². The predicted molar refractivity (Wildman–Crippen MR) is 68.0 cm³/mol. The van der Waals surface area contributed by atoms with Crippen LogP contribution in [0.5, 0.6) is 0 Å². The molecule has 0 saturated heterocycles. The summed E-state index contributed by atoms with van der Waals surface area (Å²) in [5, 5.41) is 9.09. The number of halogens is 1. The SMILES string of the molecule is Cc1c(CO)sc[n+]1Cc1ccccc1.Cl. The Labute approximate surface area is 106 Å². The van der Waals surface area contributed by atoms with Crippen LogP contribution in [0.2, 0.25) is 0 Å². The summed E-state index contributed by atoms with van der Waals surface area (Å²) in [7, 11) is 0. The summed E-state index contributed by atoms with van der Waals surface area (Å²) in [6.45, 7) is 3.06. The van der Waals surface area contributed by atoms with Crippen LogP contribution in [0.1, 0.15) is 16.1 Å². The van der Waals surface area contributed by atoms with Crippen molar-refractivity contribution >= 4 is 23.7 Å². The molecule has 2 nitrogen and oxygen atoms in total. The second-order valence-electron chi connectivity index (χ2n) is 3.50. The Bertz CT molecular complexity index is 442. The molecule has 1 aromatic heterocycles. The molecule has 86 valence electrons. The van der Waals surface area contributed by atoms with Gasteiger partial charge in [0.2, 0.25) is 5.51 Å². The molecule has 16 heavy (non-hydrogen) atoms. The molecule has 0 saturated carbocycles. The number of hydrogen-bond donors (Lipinski definition) is 1. The van der Waals surface area contributed by atoms with Crippen LogP contribution in [0.3, 0.4) is 0 Å². The molecule has 0 unspecified atom stereocenters. The van der Waals surface area contributed by atoms with E-state index in [1.54, 1.807) is 11.3 Å². The minimum Gasteiger partial charge on any atom is -0.391 e. The molecular formula is C12H15ClNOS+. The lowest BCUT2D eigenvalue weighted by molar-refractivity contribution is -0.689. The minimum atomic E-state index is 0.